The van der Waals surface area contributed by atoms with Gasteiger partial charge in [-0.15, -0.1) is 0 Å². The fourth-order valence-electron chi connectivity index (χ4n) is 3.23. The summed E-state index contributed by atoms with van der Waals surface area (Å²) in [5.74, 6) is 0.520. The number of methoxy groups -OCH3 is 1. The fraction of sp³-hybridized carbons (Fsp3) is 0.250. The molecule has 0 aromatic heterocycles. The van der Waals surface area contributed by atoms with Crippen LogP contribution in [0.1, 0.15) is 24.1 Å². The number of carbonyl (C=O) groups is 2. The zero-order valence-electron chi connectivity index (χ0n) is 18.1. The number of alkyl carbamates (subject to hydrolysis) is 1. The van der Waals surface area contributed by atoms with Crippen molar-refractivity contribution in [1.29, 1.82) is 0 Å². The van der Waals surface area contributed by atoms with E-state index < -0.39 is 18.1 Å². The summed E-state index contributed by atoms with van der Waals surface area (Å²) in [4.78, 5) is 25.2. The number of esters is 1. The monoisotopic (exact) mass is 438 g/mol. The maximum Gasteiger partial charge on any atom is 0.408 e. The van der Waals surface area contributed by atoms with Gasteiger partial charge < -0.3 is 29.6 Å². The molecule has 0 aliphatic carbocycles. The molecule has 168 valence electrons. The molecule has 2 aromatic rings. The summed E-state index contributed by atoms with van der Waals surface area (Å²) < 4.78 is 21.0. The number of carbonyl (C=O) groups excluding carboxylic acids is 2. The summed E-state index contributed by atoms with van der Waals surface area (Å²) in [5, 5.41) is 6.00. The number of rotatable bonds is 9. The first kappa shape index (κ1) is 22.7. The molecule has 1 amide bonds. The molecule has 1 unspecified atom stereocenters. The molecule has 0 bridgehead atoms. The predicted octanol–water partition coefficient (Wildman–Crippen LogP) is 3.61. The van der Waals surface area contributed by atoms with E-state index in [1.54, 1.807) is 25.1 Å². The Morgan fingerprint density at radius 3 is 2.62 bits per heavy atom. The largest absolute Gasteiger partial charge is 0.466 e. The SMILES string of the molecule is C=CCOC(=O)NC(C(C(=O)OC)=C(C)NCc1ccccc1)c1ccc2c(c1)OCO2. The second-order valence-electron chi connectivity index (χ2n) is 6.95. The van der Waals surface area contributed by atoms with Gasteiger partial charge in [-0.3, -0.25) is 0 Å². The van der Waals surface area contributed by atoms with Gasteiger partial charge in [-0.1, -0.05) is 49.1 Å². The molecule has 2 N–H and O–H groups in total. The van der Waals surface area contributed by atoms with Gasteiger partial charge in [0.05, 0.1) is 18.7 Å². The van der Waals surface area contributed by atoms with E-state index in [-0.39, 0.29) is 19.0 Å². The van der Waals surface area contributed by atoms with Crippen molar-refractivity contribution in [2.24, 2.45) is 0 Å². The van der Waals surface area contributed by atoms with Gasteiger partial charge >= 0.3 is 12.1 Å². The lowest BCUT2D eigenvalue weighted by Crippen LogP contribution is -2.34. The van der Waals surface area contributed by atoms with Gasteiger partial charge in [-0.25, -0.2) is 9.59 Å². The Hall–Kier alpha value is -3.94. The van der Waals surface area contributed by atoms with Crippen molar-refractivity contribution in [3.8, 4) is 11.5 Å². The maximum absolute atomic E-state index is 12.8. The van der Waals surface area contributed by atoms with Gasteiger partial charge in [0, 0.05) is 12.2 Å². The summed E-state index contributed by atoms with van der Waals surface area (Å²) in [7, 11) is 1.29. The second-order valence-corrected chi connectivity index (χ2v) is 6.95. The van der Waals surface area contributed by atoms with Gasteiger partial charge in [0.2, 0.25) is 6.79 Å². The molecule has 1 aliphatic rings. The van der Waals surface area contributed by atoms with Crippen molar-refractivity contribution in [2.75, 3.05) is 20.5 Å². The van der Waals surface area contributed by atoms with E-state index >= 15 is 0 Å². The molecule has 8 nitrogen and oxygen atoms in total. The minimum Gasteiger partial charge on any atom is -0.466 e. The smallest absolute Gasteiger partial charge is 0.408 e. The molecule has 0 radical (unpaired) electrons. The Morgan fingerprint density at radius 1 is 1.16 bits per heavy atom. The van der Waals surface area contributed by atoms with E-state index in [1.165, 1.54) is 13.2 Å². The third-order valence-corrected chi connectivity index (χ3v) is 4.82. The van der Waals surface area contributed by atoms with Gasteiger partial charge in [0.1, 0.15) is 6.61 Å². The molecular formula is C24H26N2O6. The van der Waals surface area contributed by atoms with Crippen LogP contribution in [-0.4, -0.2) is 32.6 Å². The highest BCUT2D eigenvalue weighted by atomic mass is 16.7. The van der Waals surface area contributed by atoms with E-state index in [0.29, 0.717) is 29.3 Å². The van der Waals surface area contributed by atoms with Crippen LogP contribution in [0, 0.1) is 0 Å². The highest BCUT2D eigenvalue weighted by Crippen LogP contribution is 2.36. The number of hydrogen-bond acceptors (Lipinski definition) is 7. The molecule has 1 heterocycles. The lowest BCUT2D eigenvalue weighted by molar-refractivity contribution is -0.136. The number of ether oxygens (including phenoxy) is 4. The number of amides is 1. The van der Waals surface area contributed by atoms with Crippen LogP contribution in [0.4, 0.5) is 4.79 Å². The average Bonchev–Trinajstić information content (AvgIpc) is 3.29. The lowest BCUT2D eigenvalue weighted by Gasteiger charge is -2.23. The topological polar surface area (TPSA) is 95.1 Å². The molecule has 32 heavy (non-hydrogen) atoms. The van der Waals surface area contributed by atoms with Crippen molar-refractivity contribution in [3.63, 3.8) is 0 Å². The number of fused-ring (bicyclic) bond motifs is 1. The molecular weight excluding hydrogens is 412 g/mol. The highest BCUT2D eigenvalue weighted by Gasteiger charge is 2.30. The zero-order chi connectivity index (χ0) is 22.9. The predicted molar refractivity (Wildman–Crippen MR) is 118 cm³/mol. The Kier molecular flexibility index (Phi) is 7.75. The van der Waals surface area contributed by atoms with E-state index in [1.807, 2.05) is 30.3 Å². The third-order valence-electron chi connectivity index (χ3n) is 4.82. The van der Waals surface area contributed by atoms with Gasteiger partial charge in [0.15, 0.2) is 11.5 Å². The Bertz CT molecular complexity index is 1000. The van der Waals surface area contributed by atoms with Crippen molar-refractivity contribution >= 4 is 12.1 Å². The Morgan fingerprint density at radius 2 is 1.91 bits per heavy atom. The van der Waals surface area contributed by atoms with Crippen molar-refractivity contribution in [1.82, 2.24) is 10.6 Å². The van der Waals surface area contributed by atoms with E-state index in [9.17, 15) is 9.59 Å². The van der Waals surface area contributed by atoms with Crippen LogP contribution < -0.4 is 20.1 Å². The van der Waals surface area contributed by atoms with Crippen molar-refractivity contribution in [3.05, 3.63) is 83.6 Å². The van der Waals surface area contributed by atoms with Crippen molar-refractivity contribution in [2.45, 2.75) is 19.5 Å². The van der Waals surface area contributed by atoms with E-state index in [4.69, 9.17) is 18.9 Å². The second kappa shape index (κ2) is 10.9. The summed E-state index contributed by atoms with van der Waals surface area (Å²) in [6, 6.07) is 14.1. The van der Waals surface area contributed by atoms with Crippen LogP contribution in [0.2, 0.25) is 0 Å². The Labute approximate surface area is 186 Å². The van der Waals surface area contributed by atoms with Gasteiger partial charge in [-0.2, -0.15) is 0 Å². The van der Waals surface area contributed by atoms with E-state index in [0.717, 1.165) is 5.56 Å². The molecule has 0 spiro atoms. The van der Waals surface area contributed by atoms with Gasteiger partial charge in [-0.05, 0) is 30.2 Å². The molecule has 2 aromatic carbocycles. The zero-order valence-corrected chi connectivity index (χ0v) is 18.1. The van der Waals surface area contributed by atoms with E-state index in [2.05, 4.69) is 17.2 Å². The fourth-order valence-corrected chi connectivity index (χ4v) is 3.23. The summed E-state index contributed by atoms with van der Waals surface area (Å²) in [6.45, 7) is 5.92. The van der Waals surface area contributed by atoms with Crippen LogP contribution >= 0.6 is 0 Å². The molecule has 0 saturated carbocycles. The van der Waals surface area contributed by atoms with Crippen LogP contribution in [0.5, 0.6) is 11.5 Å². The first-order chi connectivity index (χ1) is 15.5. The van der Waals surface area contributed by atoms with Crippen LogP contribution in [0.25, 0.3) is 0 Å². The molecule has 0 saturated heterocycles. The average molecular weight is 438 g/mol. The van der Waals surface area contributed by atoms with Crippen LogP contribution in [0.3, 0.4) is 0 Å². The summed E-state index contributed by atoms with van der Waals surface area (Å²) in [6.07, 6.45) is 0.753. The maximum atomic E-state index is 12.8. The van der Waals surface area contributed by atoms with Crippen LogP contribution in [0.15, 0.2) is 72.5 Å². The highest BCUT2D eigenvalue weighted by molar-refractivity contribution is 5.91. The Balaban J connectivity index is 1.97. The minimum absolute atomic E-state index is 0.0300. The molecule has 1 aliphatic heterocycles. The quantitative estimate of drug-likeness (QED) is 0.351. The molecule has 0 fully saturated rings. The number of hydrogen-bond donors (Lipinski definition) is 2. The standard InChI is InChI=1S/C24H26N2O6/c1-4-12-30-24(28)26-22(18-10-11-19-20(13-18)32-15-31-19)21(23(27)29-3)16(2)25-14-17-8-6-5-7-9-17/h4-11,13,22,25H,1,12,14-15H2,2-3H3,(H,26,28). The molecule has 3 rings (SSSR count). The van der Waals surface area contributed by atoms with Crippen LogP contribution in [-0.2, 0) is 20.8 Å². The number of allylic oxidation sites excluding steroid dienone is 1. The summed E-state index contributed by atoms with van der Waals surface area (Å²) in [5.41, 5.74) is 2.42. The van der Waals surface area contributed by atoms with Crippen molar-refractivity contribution < 1.29 is 28.5 Å². The molecule has 1 atom stereocenters. The number of benzene rings is 2. The normalized spacial score (nSPS) is 13.4. The first-order valence-electron chi connectivity index (χ1n) is 10.0. The molecule has 8 heteroatoms. The first-order valence-corrected chi connectivity index (χ1v) is 10.0. The third kappa shape index (κ3) is 5.60. The van der Waals surface area contributed by atoms with Gasteiger partial charge in [0.25, 0.3) is 0 Å². The lowest BCUT2D eigenvalue weighted by atomic mass is 9.96. The number of nitrogens with one attached hydrogen (secondary N) is 2. The summed E-state index contributed by atoms with van der Waals surface area (Å²) >= 11 is 0. The minimum atomic E-state index is -0.863.